The van der Waals surface area contributed by atoms with E-state index in [-0.39, 0.29) is 0 Å². The van der Waals surface area contributed by atoms with Crippen LogP contribution in [0.25, 0.3) is 0 Å². The number of halogens is 1. The maximum absolute atomic E-state index is 10.2. The first kappa shape index (κ1) is 12.5. The lowest BCUT2D eigenvalue weighted by molar-refractivity contribution is 0.171. The molecule has 7 heteroatoms. The van der Waals surface area contributed by atoms with Gasteiger partial charge < -0.3 is 9.84 Å². The smallest absolute Gasteiger partial charge is 0.147 e. The molecule has 0 fully saturated rings. The molecule has 0 amide bonds. The van der Waals surface area contributed by atoms with E-state index >= 15 is 0 Å². The summed E-state index contributed by atoms with van der Waals surface area (Å²) in [5, 5.41) is 14.9. The zero-order chi connectivity index (χ0) is 12.3. The van der Waals surface area contributed by atoms with Crippen LogP contribution in [0, 0.1) is 0 Å². The van der Waals surface area contributed by atoms with E-state index in [1.54, 1.807) is 24.1 Å². The minimum absolute atomic E-state index is 0.542. The highest BCUT2D eigenvalue weighted by Gasteiger charge is 2.18. The Labute approximate surface area is 108 Å². The van der Waals surface area contributed by atoms with Gasteiger partial charge in [0.2, 0.25) is 0 Å². The number of methoxy groups -OCH3 is 1. The zero-order valence-electron chi connectivity index (χ0n) is 9.21. The van der Waals surface area contributed by atoms with Crippen LogP contribution in [0.3, 0.4) is 0 Å². The molecule has 1 N–H and O–H groups in total. The molecule has 5 nitrogen and oxygen atoms in total. The Kier molecular flexibility index (Phi) is 4.11. The van der Waals surface area contributed by atoms with Gasteiger partial charge in [0.1, 0.15) is 15.4 Å². The summed E-state index contributed by atoms with van der Waals surface area (Å²) in [4.78, 5) is 4.06. The maximum atomic E-state index is 10.2. The molecule has 2 heterocycles. The predicted octanol–water partition coefficient (Wildman–Crippen LogP) is 1.72. The number of hydrogen-bond donors (Lipinski definition) is 1. The van der Waals surface area contributed by atoms with Gasteiger partial charge in [-0.05, 0) is 6.07 Å². The van der Waals surface area contributed by atoms with Crippen molar-refractivity contribution in [2.24, 2.45) is 0 Å². The van der Waals surface area contributed by atoms with E-state index in [9.17, 15) is 5.11 Å². The minimum atomic E-state index is -0.799. The van der Waals surface area contributed by atoms with Gasteiger partial charge in [-0.2, -0.15) is 5.10 Å². The lowest BCUT2D eigenvalue weighted by atomic mass is 10.2. The Bertz CT molecular complexity index is 485. The molecule has 1 unspecified atom stereocenters. The van der Waals surface area contributed by atoms with E-state index in [2.05, 4.69) is 10.1 Å². The van der Waals surface area contributed by atoms with Gasteiger partial charge in [-0.25, -0.2) is 4.98 Å². The van der Waals surface area contributed by atoms with Crippen LogP contribution in [0.15, 0.2) is 18.5 Å². The second-order valence-electron chi connectivity index (χ2n) is 3.38. The highest BCUT2D eigenvalue weighted by atomic mass is 35.5. The summed E-state index contributed by atoms with van der Waals surface area (Å²) in [6.07, 6.45) is 2.37. The van der Waals surface area contributed by atoms with Crippen molar-refractivity contribution in [1.29, 1.82) is 0 Å². The number of rotatable bonds is 5. The van der Waals surface area contributed by atoms with Crippen LogP contribution in [-0.2, 0) is 11.3 Å². The standard InChI is InChI=1S/C10H12ClN3O2S/c1-16-5-4-14-7(2-3-13-14)9(15)10-12-6-8(11)17-10/h2-3,6,9,15H,4-5H2,1H3. The third kappa shape index (κ3) is 2.84. The van der Waals surface area contributed by atoms with Crippen molar-refractivity contribution in [2.75, 3.05) is 13.7 Å². The number of aliphatic hydroxyl groups excluding tert-OH is 1. The average Bonchev–Trinajstić information content (AvgIpc) is 2.94. The Hall–Kier alpha value is -0.950. The van der Waals surface area contributed by atoms with Gasteiger partial charge in [0.05, 0.1) is 25.0 Å². The second kappa shape index (κ2) is 5.59. The van der Waals surface area contributed by atoms with E-state index in [4.69, 9.17) is 16.3 Å². The summed E-state index contributed by atoms with van der Waals surface area (Å²) in [5.74, 6) is 0. The molecule has 17 heavy (non-hydrogen) atoms. The number of nitrogens with zero attached hydrogens (tertiary/aromatic N) is 3. The highest BCUT2D eigenvalue weighted by Crippen LogP contribution is 2.28. The Morgan fingerprint density at radius 1 is 1.65 bits per heavy atom. The minimum Gasteiger partial charge on any atom is -0.383 e. The molecule has 0 saturated heterocycles. The first-order valence-corrected chi connectivity index (χ1v) is 6.21. The third-order valence-corrected chi connectivity index (χ3v) is 3.43. The number of ether oxygens (including phenoxy) is 1. The summed E-state index contributed by atoms with van der Waals surface area (Å²) in [6.45, 7) is 1.13. The van der Waals surface area contributed by atoms with Gasteiger partial charge in [0.15, 0.2) is 0 Å². The van der Waals surface area contributed by atoms with Crippen molar-refractivity contribution >= 4 is 22.9 Å². The van der Waals surface area contributed by atoms with Crippen molar-refractivity contribution in [1.82, 2.24) is 14.8 Å². The molecule has 0 saturated carbocycles. The fourth-order valence-corrected chi connectivity index (χ4v) is 2.39. The first-order chi connectivity index (χ1) is 8.22. The molecule has 2 rings (SSSR count). The average molecular weight is 274 g/mol. The van der Waals surface area contributed by atoms with Gasteiger partial charge in [-0.3, -0.25) is 4.68 Å². The predicted molar refractivity (Wildman–Crippen MR) is 65.3 cm³/mol. The lowest BCUT2D eigenvalue weighted by Gasteiger charge is -2.10. The lowest BCUT2D eigenvalue weighted by Crippen LogP contribution is -2.13. The van der Waals surface area contributed by atoms with E-state index in [0.29, 0.717) is 28.2 Å². The summed E-state index contributed by atoms with van der Waals surface area (Å²) >= 11 is 7.05. The molecule has 1 atom stereocenters. The normalized spacial score (nSPS) is 12.9. The molecule has 0 aliphatic carbocycles. The van der Waals surface area contributed by atoms with Gasteiger partial charge in [-0.1, -0.05) is 11.6 Å². The molecule has 2 aromatic heterocycles. The molecule has 0 radical (unpaired) electrons. The fourth-order valence-electron chi connectivity index (χ4n) is 1.46. The molecule has 0 spiro atoms. The summed E-state index contributed by atoms with van der Waals surface area (Å²) in [7, 11) is 1.63. The Balaban J connectivity index is 2.18. The van der Waals surface area contributed by atoms with E-state index in [1.807, 2.05) is 0 Å². The summed E-state index contributed by atoms with van der Waals surface area (Å²) < 4.78 is 7.24. The van der Waals surface area contributed by atoms with Gasteiger partial charge in [0.25, 0.3) is 0 Å². The quantitative estimate of drug-likeness (QED) is 0.901. The van der Waals surface area contributed by atoms with Crippen LogP contribution in [0.2, 0.25) is 4.34 Å². The molecule has 92 valence electrons. The fraction of sp³-hybridized carbons (Fsp3) is 0.400. The number of thiazole rings is 1. The van der Waals surface area contributed by atoms with E-state index in [1.165, 1.54) is 17.5 Å². The molecular weight excluding hydrogens is 262 g/mol. The highest BCUT2D eigenvalue weighted by molar-refractivity contribution is 7.15. The third-order valence-electron chi connectivity index (χ3n) is 2.27. The Morgan fingerprint density at radius 3 is 3.12 bits per heavy atom. The number of aromatic nitrogens is 3. The zero-order valence-corrected chi connectivity index (χ0v) is 10.8. The van der Waals surface area contributed by atoms with Gasteiger partial charge in [-0.15, -0.1) is 11.3 Å². The van der Waals surface area contributed by atoms with Crippen LogP contribution < -0.4 is 0 Å². The van der Waals surface area contributed by atoms with Crippen molar-refractivity contribution < 1.29 is 9.84 Å². The summed E-state index contributed by atoms with van der Waals surface area (Å²) in [6, 6.07) is 1.76. The van der Waals surface area contributed by atoms with Crippen LogP contribution in [0.5, 0.6) is 0 Å². The molecule has 0 aliphatic rings. The monoisotopic (exact) mass is 273 g/mol. The van der Waals surface area contributed by atoms with Crippen molar-refractivity contribution in [3.05, 3.63) is 33.5 Å². The van der Waals surface area contributed by atoms with Crippen molar-refractivity contribution in [3.8, 4) is 0 Å². The van der Waals surface area contributed by atoms with E-state index < -0.39 is 6.10 Å². The molecule has 0 bridgehead atoms. The molecule has 2 aromatic rings. The topological polar surface area (TPSA) is 60.2 Å². The van der Waals surface area contributed by atoms with Gasteiger partial charge in [0, 0.05) is 13.3 Å². The van der Waals surface area contributed by atoms with Crippen LogP contribution >= 0.6 is 22.9 Å². The molecule has 0 aromatic carbocycles. The van der Waals surface area contributed by atoms with Crippen LogP contribution in [-0.4, -0.2) is 33.6 Å². The van der Waals surface area contributed by atoms with Crippen molar-refractivity contribution in [3.63, 3.8) is 0 Å². The Morgan fingerprint density at radius 2 is 2.47 bits per heavy atom. The largest absolute Gasteiger partial charge is 0.383 e. The molecule has 0 aliphatic heterocycles. The van der Waals surface area contributed by atoms with Crippen LogP contribution in [0.4, 0.5) is 0 Å². The molecular formula is C10H12ClN3O2S. The van der Waals surface area contributed by atoms with Crippen LogP contribution in [0.1, 0.15) is 16.8 Å². The first-order valence-electron chi connectivity index (χ1n) is 5.02. The number of aliphatic hydroxyl groups is 1. The van der Waals surface area contributed by atoms with Gasteiger partial charge >= 0.3 is 0 Å². The van der Waals surface area contributed by atoms with E-state index in [0.717, 1.165) is 0 Å². The second-order valence-corrected chi connectivity index (χ2v) is 5.07. The SMILES string of the molecule is COCCn1nccc1C(O)c1ncc(Cl)s1. The summed E-state index contributed by atoms with van der Waals surface area (Å²) in [5.41, 5.74) is 0.688. The maximum Gasteiger partial charge on any atom is 0.147 e. The number of hydrogen-bond acceptors (Lipinski definition) is 5. The van der Waals surface area contributed by atoms with Crippen molar-refractivity contribution in [2.45, 2.75) is 12.6 Å².